The molecule has 1 aromatic carbocycles. The van der Waals surface area contributed by atoms with E-state index < -0.39 is 23.1 Å². The van der Waals surface area contributed by atoms with E-state index in [1.54, 1.807) is 19.9 Å². The summed E-state index contributed by atoms with van der Waals surface area (Å²) in [6.07, 6.45) is 4.24. The number of methoxy groups -OCH3 is 1. The number of rotatable bonds is 10. The van der Waals surface area contributed by atoms with Crippen LogP contribution in [0.2, 0.25) is 0 Å². The van der Waals surface area contributed by atoms with Crippen molar-refractivity contribution in [1.82, 2.24) is 19.4 Å². The summed E-state index contributed by atoms with van der Waals surface area (Å²) in [7, 11) is 1.50. The van der Waals surface area contributed by atoms with Gasteiger partial charge in [-0.05, 0) is 56.0 Å². The maximum absolute atomic E-state index is 13.9. The number of benzene rings is 1. The van der Waals surface area contributed by atoms with Crippen LogP contribution in [-0.4, -0.2) is 34.2 Å². The van der Waals surface area contributed by atoms with Crippen LogP contribution in [0.25, 0.3) is 21.0 Å². The first-order chi connectivity index (χ1) is 16.9. The zero-order chi connectivity index (χ0) is 25.1. The van der Waals surface area contributed by atoms with Gasteiger partial charge in [0.05, 0.1) is 23.6 Å². The Bertz CT molecular complexity index is 1470. The molecule has 1 atom stereocenters. The van der Waals surface area contributed by atoms with E-state index in [9.17, 15) is 18.8 Å². The van der Waals surface area contributed by atoms with Crippen LogP contribution in [0.4, 0.5) is 4.39 Å². The molecule has 1 unspecified atom stereocenters. The average molecular weight is 501 g/mol. The fourth-order valence-electron chi connectivity index (χ4n) is 4.14. The van der Waals surface area contributed by atoms with Crippen LogP contribution in [-0.2, 0) is 17.8 Å². The minimum absolute atomic E-state index is 0.194. The van der Waals surface area contributed by atoms with Gasteiger partial charge in [-0.25, -0.2) is 14.2 Å². The van der Waals surface area contributed by atoms with E-state index in [-0.39, 0.29) is 6.54 Å². The molecule has 1 N–H and O–H groups in total. The Hall–Kier alpha value is -3.73. The molecule has 9 nitrogen and oxygen atoms in total. The first kappa shape index (κ1) is 24.4. The van der Waals surface area contributed by atoms with Crippen LogP contribution in [0, 0.1) is 12.7 Å². The summed E-state index contributed by atoms with van der Waals surface area (Å²) >= 11 is 1.26. The molecule has 0 saturated heterocycles. The van der Waals surface area contributed by atoms with Gasteiger partial charge in [0.1, 0.15) is 22.7 Å². The third-order valence-electron chi connectivity index (χ3n) is 5.95. The highest BCUT2D eigenvalue weighted by Crippen LogP contribution is 2.35. The number of aryl methyl sites for hydroxylation is 3. The quantitative estimate of drug-likeness (QED) is 0.265. The number of amides is 1. The average Bonchev–Trinajstić information content (AvgIpc) is 3.47. The Kier molecular flexibility index (Phi) is 7.15. The molecule has 0 spiro atoms. The van der Waals surface area contributed by atoms with E-state index in [1.807, 2.05) is 0 Å². The van der Waals surface area contributed by atoms with Crippen molar-refractivity contribution < 1.29 is 18.3 Å². The van der Waals surface area contributed by atoms with Crippen molar-refractivity contribution >= 4 is 28.0 Å². The summed E-state index contributed by atoms with van der Waals surface area (Å²) in [5, 5.41) is 2.97. The summed E-state index contributed by atoms with van der Waals surface area (Å²) in [6, 6.07) is 3.77. The topological polar surface area (TPSA) is 108 Å². The number of hydrogen-bond donors (Lipinski definition) is 1. The Morgan fingerprint density at radius 2 is 2.14 bits per heavy atom. The molecular formula is C24H25FN4O5S. The SMILES string of the molecule is COc1ccc(F)cc1CCn1c(=O)n(C(C)CCNC=O)c(=O)c2c(C)c(-c3ncco3)sc21. The van der Waals surface area contributed by atoms with Crippen LogP contribution in [0.5, 0.6) is 5.75 Å². The van der Waals surface area contributed by atoms with Gasteiger partial charge in [-0.1, -0.05) is 0 Å². The molecule has 1 amide bonds. The lowest BCUT2D eigenvalue weighted by atomic mass is 10.1. The van der Waals surface area contributed by atoms with Gasteiger partial charge in [0, 0.05) is 19.1 Å². The van der Waals surface area contributed by atoms with E-state index in [0.29, 0.717) is 63.7 Å². The molecule has 11 heteroatoms. The van der Waals surface area contributed by atoms with Gasteiger partial charge >= 0.3 is 5.69 Å². The largest absolute Gasteiger partial charge is 0.496 e. The Balaban J connectivity index is 1.88. The van der Waals surface area contributed by atoms with Crippen LogP contribution < -0.4 is 21.3 Å². The molecule has 35 heavy (non-hydrogen) atoms. The zero-order valence-corrected chi connectivity index (χ0v) is 20.4. The molecule has 0 saturated carbocycles. The number of nitrogens with one attached hydrogen (secondary N) is 1. The second-order valence-electron chi connectivity index (χ2n) is 8.10. The van der Waals surface area contributed by atoms with Gasteiger partial charge in [-0.2, -0.15) is 0 Å². The molecule has 184 valence electrons. The van der Waals surface area contributed by atoms with Crippen LogP contribution in [0.15, 0.2) is 44.7 Å². The predicted molar refractivity (Wildman–Crippen MR) is 131 cm³/mol. The van der Waals surface area contributed by atoms with Crippen molar-refractivity contribution in [3.8, 4) is 16.5 Å². The highest BCUT2D eigenvalue weighted by atomic mass is 32.1. The first-order valence-electron chi connectivity index (χ1n) is 11.0. The van der Waals surface area contributed by atoms with E-state index in [2.05, 4.69) is 10.3 Å². The first-order valence-corrected chi connectivity index (χ1v) is 11.9. The van der Waals surface area contributed by atoms with Gasteiger partial charge in [0.25, 0.3) is 5.56 Å². The molecule has 3 aromatic heterocycles. The monoisotopic (exact) mass is 500 g/mol. The smallest absolute Gasteiger partial charge is 0.332 e. The molecular weight excluding hydrogens is 475 g/mol. The van der Waals surface area contributed by atoms with Gasteiger partial charge in [-0.3, -0.25) is 18.7 Å². The van der Waals surface area contributed by atoms with Crippen LogP contribution in [0.3, 0.4) is 0 Å². The second kappa shape index (κ2) is 10.3. The Morgan fingerprint density at radius 1 is 1.34 bits per heavy atom. The Morgan fingerprint density at radius 3 is 2.83 bits per heavy atom. The summed E-state index contributed by atoms with van der Waals surface area (Å²) in [6.45, 7) is 4.07. The van der Waals surface area contributed by atoms with Crippen molar-refractivity contribution in [2.75, 3.05) is 13.7 Å². The number of hydrogen-bond acceptors (Lipinski definition) is 7. The fourth-order valence-corrected chi connectivity index (χ4v) is 5.40. The summed E-state index contributed by atoms with van der Waals surface area (Å²) in [4.78, 5) is 43.2. The number of thiophene rings is 1. The number of nitrogens with zero attached hydrogens (tertiary/aromatic N) is 3. The minimum atomic E-state index is -0.475. The van der Waals surface area contributed by atoms with E-state index in [0.717, 1.165) is 0 Å². The molecule has 3 heterocycles. The molecule has 0 bridgehead atoms. The zero-order valence-electron chi connectivity index (χ0n) is 19.5. The van der Waals surface area contributed by atoms with Crippen LogP contribution >= 0.6 is 11.3 Å². The number of halogens is 1. The standard InChI is InChI=1S/C24H25FN4O5S/c1-14(6-8-26-13-30)29-22(31)19-15(2)20(21-27-9-11-34-21)35-23(19)28(24(29)32)10-7-16-12-17(25)4-5-18(16)33-3/h4-5,9,11-14H,6-8,10H2,1-3H3,(H,26,30). The fraction of sp³-hybridized carbons (Fsp3) is 0.333. The highest BCUT2D eigenvalue weighted by Gasteiger charge is 2.24. The normalized spacial score (nSPS) is 12.1. The maximum atomic E-state index is 13.9. The number of carbonyl (C=O) groups excluding carboxylic acids is 1. The van der Waals surface area contributed by atoms with Gasteiger partial charge in [0.15, 0.2) is 0 Å². The summed E-state index contributed by atoms with van der Waals surface area (Å²) < 4.78 is 27.5. The number of fused-ring (bicyclic) bond motifs is 1. The third kappa shape index (κ3) is 4.63. The number of ether oxygens (including phenoxy) is 1. The van der Waals surface area contributed by atoms with E-state index >= 15 is 0 Å². The lowest BCUT2D eigenvalue weighted by Gasteiger charge is -2.18. The molecule has 0 aliphatic carbocycles. The number of oxazole rings is 1. The van der Waals surface area contributed by atoms with Crippen molar-refractivity contribution in [2.45, 2.75) is 39.3 Å². The molecule has 0 aliphatic heterocycles. The summed E-state index contributed by atoms with van der Waals surface area (Å²) in [5.74, 6) is 0.474. The van der Waals surface area contributed by atoms with Gasteiger partial charge in [0.2, 0.25) is 12.3 Å². The minimum Gasteiger partial charge on any atom is -0.496 e. The Labute approximate surface area is 203 Å². The molecule has 0 radical (unpaired) electrons. The molecule has 4 rings (SSSR count). The summed E-state index contributed by atoms with van der Waals surface area (Å²) in [5.41, 5.74) is 0.391. The maximum Gasteiger partial charge on any atom is 0.332 e. The lowest BCUT2D eigenvalue weighted by molar-refractivity contribution is -0.109. The number of carbonyl (C=O) groups is 1. The second-order valence-corrected chi connectivity index (χ2v) is 9.10. The molecule has 0 aliphatic rings. The van der Waals surface area contributed by atoms with Crippen LogP contribution in [0.1, 0.15) is 30.5 Å². The molecule has 0 fully saturated rings. The van der Waals surface area contributed by atoms with Crippen molar-refractivity contribution in [2.24, 2.45) is 0 Å². The van der Waals surface area contributed by atoms with Gasteiger partial charge < -0.3 is 14.5 Å². The third-order valence-corrected chi connectivity index (χ3v) is 7.25. The van der Waals surface area contributed by atoms with Crippen molar-refractivity contribution in [3.05, 3.63) is 68.4 Å². The van der Waals surface area contributed by atoms with Crippen molar-refractivity contribution in [3.63, 3.8) is 0 Å². The van der Waals surface area contributed by atoms with Crippen molar-refractivity contribution in [1.29, 1.82) is 0 Å². The molecule has 4 aromatic rings. The van der Waals surface area contributed by atoms with Gasteiger partial charge in [-0.15, -0.1) is 11.3 Å². The predicted octanol–water partition coefficient (Wildman–Crippen LogP) is 3.28. The van der Waals surface area contributed by atoms with E-state index in [1.165, 1.54) is 52.2 Å². The van der Waals surface area contributed by atoms with E-state index in [4.69, 9.17) is 9.15 Å². The number of aromatic nitrogens is 3. The highest BCUT2D eigenvalue weighted by molar-refractivity contribution is 7.22. The lowest BCUT2D eigenvalue weighted by Crippen LogP contribution is -2.42.